The highest BCUT2D eigenvalue weighted by atomic mass is 15.3. The first-order chi connectivity index (χ1) is 9.24. The van der Waals surface area contributed by atoms with Crippen LogP contribution in [0.3, 0.4) is 0 Å². The minimum atomic E-state index is 0.750. The first-order valence-corrected chi connectivity index (χ1v) is 6.71. The molecule has 102 valence electrons. The van der Waals surface area contributed by atoms with Gasteiger partial charge in [0.15, 0.2) is 0 Å². The van der Waals surface area contributed by atoms with Gasteiger partial charge in [0.25, 0.3) is 0 Å². The van der Waals surface area contributed by atoms with Gasteiger partial charge >= 0.3 is 0 Å². The van der Waals surface area contributed by atoms with Crippen LogP contribution in [-0.4, -0.2) is 21.3 Å². The molecule has 1 heterocycles. The molecule has 0 fully saturated rings. The number of aromatic nitrogens is 3. The molecule has 19 heavy (non-hydrogen) atoms. The smallest absolute Gasteiger partial charge is 0.146 e. The Bertz CT molecular complexity index is 520. The lowest BCUT2D eigenvalue weighted by molar-refractivity contribution is 0.562. The van der Waals surface area contributed by atoms with Crippen molar-refractivity contribution in [3.8, 4) is 0 Å². The topological polar surface area (TPSA) is 60.0 Å². The number of nitrogen functional groups attached to an aromatic ring is 1. The first-order valence-electron chi connectivity index (χ1n) is 6.71. The number of benzene rings is 1. The highest BCUT2D eigenvalue weighted by molar-refractivity contribution is 5.55. The van der Waals surface area contributed by atoms with Crippen LogP contribution in [0.4, 0.5) is 11.4 Å². The van der Waals surface area contributed by atoms with Crippen LogP contribution < -0.4 is 10.6 Å². The van der Waals surface area contributed by atoms with Crippen molar-refractivity contribution >= 4 is 11.4 Å². The quantitative estimate of drug-likeness (QED) is 0.809. The van der Waals surface area contributed by atoms with Gasteiger partial charge in [-0.15, -0.1) is 0 Å². The Balaban J connectivity index is 2.17. The van der Waals surface area contributed by atoms with E-state index in [0.717, 1.165) is 43.3 Å². The van der Waals surface area contributed by atoms with Crippen molar-refractivity contribution in [2.24, 2.45) is 0 Å². The Hall–Kier alpha value is -2.04. The molecule has 2 N–H and O–H groups in total. The van der Waals surface area contributed by atoms with Gasteiger partial charge in [0.1, 0.15) is 12.2 Å². The van der Waals surface area contributed by atoms with Crippen molar-refractivity contribution < 1.29 is 0 Å². The van der Waals surface area contributed by atoms with Crippen LogP contribution in [0.5, 0.6) is 0 Å². The van der Waals surface area contributed by atoms with Crippen molar-refractivity contribution in [3.05, 3.63) is 36.4 Å². The van der Waals surface area contributed by atoms with Gasteiger partial charge in [-0.2, -0.15) is 5.10 Å². The SMILES string of the molecule is CCCn1ncnc1CN(CC)c1cccc(N)c1. The largest absolute Gasteiger partial charge is 0.399 e. The Kier molecular flexibility index (Phi) is 4.39. The zero-order chi connectivity index (χ0) is 13.7. The maximum Gasteiger partial charge on any atom is 0.146 e. The number of aryl methyl sites for hydroxylation is 1. The molecule has 1 aromatic carbocycles. The summed E-state index contributed by atoms with van der Waals surface area (Å²) in [6.45, 7) is 6.83. The van der Waals surface area contributed by atoms with Crippen molar-refractivity contribution in [1.29, 1.82) is 0 Å². The molecule has 0 spiro atoms. The number of anilines is 2. The molecule has 0 aliphatic rings. The normalized spacial score (nSPS) is 10.6. The van der Waals surface area contributed by atoms with Crippen LogP contribution in [0.1, 0.15) is 26.1 Å². The van der Waals surface area contributed by atoms with Crippen molar-refractivity contribution in [2.75, 3.05) is 17.2 Å². The second-order valence-electron chi connectivity index (χ2n) is 4.51. The van der Waals surface area contributed by atoms with Gasteiger partial charge in [-0.25, -0.2) is 9.67 Å². The fourth-order valence-corrected chi connectivity index (χ4v) is 2.09. The van der Waals surface area contributed by atoms with Crippen LogP contribution in [0.25, 0.3) is 0 Å². The highest BCUT2D eigenvalue weighted by Gasteiger charge is 2.10. The Labute approximate surface area is 114 Å². The average Bonchev–Trinajstić information content (AvgIpc) is 2.84. The predicted molar refractivity (Wildman–Crippen MR) is 77.9 cm³/mol. The van der Waals surface area contributed by atoms with E-state index in [9.17, 15) is 0 Å². The summed E-state index contributed by atoms with van der Waals surface area (Å²) in [5.74, 6) is 0.992. The van der Waals surface area contributed by atoms with E-state index in [1.54, 1.807) is 6.33 Å². The summed E-state index contributed by atoms with van der Waals surface area (Å²) in [7, 11) is 0. The summed E-state index contributed by atoms with van der Waals surface area (Å²) < 4.78 is 1.97. The number of hydrogen-bond acceptors (Lipinski definition) is 4. The Morgan fingerprint density at radius 2 is 2.16 bits per heavy atom. The molecule has 0 atom stereocenters. The fraction of sp³-hybridized carbons (Fsp3) is 0.429. The van der Waals surface area contributed by atoms with Gasteiger partial charge in [-0.05, 0) is 31.5 Å². The molecule has 2 rings (SSSR count). The average molecular weight is 259 g/mol. The lowest BCUT2D eigenvalue weighted by Crippen LogP contribution is -2.24. The van der Waals surface area contributed by atoms with Crippen LogP contribution in [0.15, 0.2) is 30.6 Å². The minimum absolute atomic E-state index is 0.750. The number of rotatable bonds is 6. The van der Waals surface area contributed by atoms with E-state index >= 15 is 0 Å². The molecular weight excluding hydrogens is 238 g/mol. The standard InChI is InChI=1S/C14H21N5/c1-3-8-19-14(16-11-17-19)10-18(4-2)13-7-5-6-12(15)9-13/h5-7,9,11H,3-4,8,10,15H2,1-2H3. The van der Waals surface area contributed by atoms with Crippen LogP contribution in [0, 0.1) is 0 Å². The number of nitrogens with two attached hydrogens (primary N) is 1. The Morgan fingerprint density at radius 3 is 2.84 bits per heavy atom. The summed E-state index contributed by atoms with van der Waals surface area (Å²) in [6.07, 6.45) is 2.68. The van der Waals surface area contributed by atoms with Crippen LogP contribution in [0.2, 0.25) is 0 Å². The maximum atomic E-state index is 5.84. The first kappa shape index (κ1) is 13.4. The second kappa shape index (κ2) is 6.22. The van der Waals surface area contributed by atoms with Gasteiger partial charge in [-0.3, -0.25) is 0 Å². The van der Waals surface area contributed by atoms with E-state index in [0.29, 0.717) is 0 Å². The van der Waals surface area contributed by atoms with E-state index in [-0.39, 0.29) is 0 Å². The zero-order valence-electron chi connectivity index (χ0n) is 11.6. The summed E-state index contributed by atoms with van der Waals surface area (Å²) in [5.41, 5.74) is 7.74. The maximum absolute atomic E-state index is 5.84. The van der Waals surface area contributed by atoms with Gasteiger partial charge in [0.05, 0.1) is 6.54 Å². The molecule has 0 unspecified atom stereocenters. The van der Waals surface area contributed by atoms with Gasteiger partial charge in [0.2, 0.25) is 0 Å². The van der Waals surface area contributed by atoms with E-state index in [1.807, 2.05) is 22.9 Å². The van der Waals surface area contributed by atoms with Crippen molar-refractivity contribution in [2.45, 2.75) is 33.4 Å². The predicted octanol–water partition coefficient (Wildman–Crippen LogP) is 2.30. The molecule has 0 saturated heterocycles. The summed E-state index contributed by atoms with van der Waals surface area (Å²) in [4.78, 5) is 6.59. The highest BCUT2D eigenvalue weighted by Crippen LogP contribution is 2.19. The van der Waals surface area contributed by atoms with E-state index < -0.39 is 0 Å². The third-order valence-electron chi connectivity index (χ3n) is 3.08. The molecule has 0 radical (unpaired) electrons. The van der Waals surface area contributed by atoms with E-state index in [1.165, 1.54) is 0 Å². The molecule has 0 aliphatic heterocycles. The van der Waals surface area contributed by atoms with Crippen molar-refractivity contribution in [3.63, 3.8) is 0 Å². The molecular formula is C14H21N5. The molecule has 5 nitrogen and oxygen atoms in total. The van der Waals surface area contributed by atoms with E-state index in [2.05, 4.69) is 34.9 Å². The molecule has 2 aromatic rings. The lowest BCUT2D eigenvalue weighted by atomic mass is 10.2. The number of nitrogens with zero attached hydrogens (tertiary/aromatic N) is 4. The molecule has 5 heteroatoms. The van der Waals surface area contributed by atoms with Gasteiger partial charge in [0, 0.05) is 24.5 Å². The molecule has 1 aromatic heterocycles. The third-order valence-corrected chi connectivity index (χ3v) is 3.08. The van der Waals surface area contributed by atoms with Gasteiger partial charge < -0.3 is 10.6 Å². The summed E-state index contributed by atoms with van der Waals surface area (Å²) in [5, 5.41) is 4.26. The van der Waals surface area contributed by atoms with Crippen LogP contribution in [-0.2, 0) is 13.1 Å². The third kappa shape index (κ3) is 3.24. The minimum Gasteiger partial charge on any atom is -0.399 e. The van der Waals surface area contributed by atoms with Crippen molar-refractivity contribution in [1.82, 2.24) is 14.8 Å². The zero-order valence-corrected chi connectivity index (χ0v) is 11.6. The molecule has 0 amide bonds. The van der Waals surface area contributed by atoms with Gasteiger partial charge in [-0.1, -0.05) is 13.0 Å². The molecule has 0 bridgehead atoms. The Morgan fingerprint density at radius 1 is 1.32 bits per heavy atom. The molecule has 0 saturated carbocycles. The summed E-state index contributed by atoms with van der Waals surface area (Å²) in [6, 6.07) is 7.94. The lowest BCUT2D eigenvalue weighted by Gasteiger charge is -2.23. The number of hydrogen-bond donors (Lipinski definition) is 1. The van der Waals surface area contributed by atoms with E-state index in [4.69, 9.17) is 5.73 Å². The monoisotopic (exact) mass is 259 g/mol. The van der Waals surface area contributed by atoms with Crippen LogP contribution >= 0.6 is 0 Å². The molecule has 0 aliphatic carbocycles. The summed E-state index contributed by atoms with van der Waals surface area (Å²) >= 11 is 0. The fourth-order valence-electron chi connectivity index (χ4n) is 2.09. The second-order valence-corrected chi connectivity index (χ2v) is 4.51.